The summed E-state index contributed by atoms with van der Waals surface area (Å²) in [4.78, 5) is 0. The van der Waals surface area contributed by atoms with Crippen LogP contribution in [0.1, 0.15) is 44.5 Å². The smallest absolute Gasteiger partial charge is 0.400 e. The molecule has 0 amide bonds. The van der Waals surface area contributed by atoms with Crippen LogP contribution < -0.4 is 10.6 Å². The molecule has 8 heteroatoms. The van der Waals surface area contributed by atoms with Gasteiger partial charge in [-0.05, 0) is 50.9 Å². The predicted molar refractivity (Wildman–Crippen MR) is 139 cm³/mol. The van der Waals surface area contributed by atoms with Crippen molar-refractivity contribution in [1.82, 2.24) is 0 Å². The van der Waals surface area contributed by atoms with Crippen LogP contribution in [0.4, 0.5) is 13.2 Å². The molecule has 1 heterocycles. The van der Waals surface area contributed by atoms with Gasteiger partial charge >= 0.3 is 13.3 Å². The first-order valence-corrected chi connectivity index (χ1v) is 13.5. The molecular weight excluding hydrogens is 483 g/mol. The van der Waals surface area contributed by atoms with E-state index in [2.05, 4.69) is 6.58 Å². The summed E-state index contributed by atoms with van der Waals surface area (Å²) in [6, 6.07) is 22.8. The van der Waals surface area contributed by atoms with Crippen molar-refractivity contribution in [3.8, 4) is 0 Å². The van der Waals surface area contributed by atoms with E-state index in [1.807, 2.05) is 39.8 Å². The van der Waals surface area contributed by atoms with Gasteiger partial charge in [0.1, 0.15) is 0 Å². The van der Waals surface area contributed by atoms with E-state index < -0.39 is 42.9 Å². The Kier molecular flexibility index (Phi) is 6.89. The Hall–Kier alpha value is -2.60. The maximum atomic E-state index is 15.3. The highest BCUT2D eigenvalue weighted by Gasteiger charge is 2.55. The summed E-state index contributed by atoms with van der Waals surface area (Å²) in [6.07, 6.45) is -4.49. The molecule has 0 aromatic heterocycles. The van der Waals surface area contributed by atoms with Crippen molar-refractivity contribution in [1.29, 1.82) is 0 Å². The lowest BCUT2D eigenvalue weighted by Gasteiger charge is -2.32. The second-order valence-corrected chi connectivity index (χ2v) is 12.9. The van der Waals surface area contributed by atoms with Crippen molar-refractivity contribution in [2.24, 2.45) is 0 Å². The van der Waals surface area contributed by atoms with E-state index in [9.17, 15) is 13.2 Å². The first-order valence-electron chi connectivity index (χ1n) is 11.7. The van der Waals surface area contributed by atoms with Gasteiger partial charge in [0.15, 0.2) is 7.14 Å². The molecule has 36 heavy (non-hydrogen) atoms. The summed E-state index contributed by atoms with van der Waals surface area (Å²) in [6.45, 7) is 11.9. The minimum atomic E-state index is -4.49. The molecule has 4 rings (SSSR count). The Balaban J connectivity index is 1.93. The first-order chi connectivity index (χ1) is 16.8. The van der Waals surface area contributed by atoms with E-state index in [0.717, 1.165) is 12.1 Å². The number of hydrogen-bond donors (Lipinski definition) is 0. The van der Waals surface area contributed by atoms with Gasteiger partial charge in [0.05, 0.1) is 22.4 Å². The second-order valence-electron chi connectivity index (χ2n) is 10.0. The SMILES string of the molecule is C=C(B1OC(C)(C)C(C)(C)O1)C(c1ccc(C(F)(F)F)cc1)P(=O)(c1ccccc1)c1ccccc1. The minimum absolute atomic E-state index is 0.393. The minimum Gasteiger partial charge on any atom is -0.400 e. The lowest BCUT2D eigenvalue weighted by Crippen LogP contribution is -2.41. The molecule has 3 aromatic carbocycles. The van der Waals surface area contributed by atoms with Crippen molar-refractivity contribution in [3.05, 3.63) is 108 Å². The molecule has 3 aromatic rings. The fraction of sp³-hybridized carbons (Fsp3) is 0.286. The largest absolute Gasteiger partial charge is 0.491 e. The highest BCUT2D eigenvalue weighted by atomic mass is 31.2. The van der Waals surface area contributed by atoms with E-state index in [0.29, 0.717) is 21.6 Å². The topological polar surface area (TPSA) is 35.5 Å². The molecule has 1 unspecified atom stereocenters. The van der Waals surface area contributed by atoms with Crippen molar-refractivity contribution < 1.29 is 27.0 Å². The van der Waals surface area contributed by atoms with Crippen LogP contribution in [0.15, 0.2) is 97.0 Å². The number of alkyl halides is 3. The van der Waals surface area contributed by atoms with Crippen molar-refractivity contribution in [2.75, 3.05) is 0 Å². The standard InChI is InChI=1S/C28H29BF3O3P/c1-20(29-34-26(2,3)27(4,5)35-29)25(21-16-18-22(19-17-21)28(30,31)32)36(33,23-12-8-6-9-13-23)24-14-10-7-11-15-24/h6-19,25H,1H2,2-5H3. The van der Waals surface area contributed by atoms with Crippen LogP contribution in [0.3, 0.4) is 0 Å². The lowest BCUT2D eigenvalue weighted by molar-refractivity contribution is -0.137. The molecule has 188 valence electrons. The van der Waals surface area contributed by atoms with E-state index in [1.54, 1.807) is 48.5 Å². The van der Waals surface area contributed by atoms with Crippen molar-refractivity contribution >= 4 is 24.9 Å². The number of hydrogen-bond acceptors (Lipinski definition) is 3. The third-order valence-corrected chi connectivity index (χ3v) is 10.6. The monoisotopic (exact) mass is 512 g/mol. The predicted octanol–water partition coefficient (Wildman–Crippen LogP) is 6.95. The fourth-order valence-electron chi connectivity index (χ4n) is 4.38. The number of halogens is 3. The summed E-state index contributed by atoms with van der Waals surface area (Å²) in [5.41, 5.74) is -2.17. The number of rotatable bonds is 6. The van der Waals surface area contributed by atoms with Gasteiger partial charge in [0.2, 0.25) is 0 Å². The molecule has 1 fully saturated rings. The van der Waals surface area contributed by atoms with Crippen LogP contribution in [0.5, 0.6) is 0 Å². The third kappa shape index (κ3) is 4.72. The zero-order valence-corrected chi connectivity index (χ0v) is 21.6. The number of benzene rings is 3. The summed E-state index contributed by atoms with van der Waals surface area (Å²) in [5.74, 6) is 0. The zero-order chi connectivity index (χ0) is 26.4. The average Bonchev–Trinajstić information content (AvgIpc) is 3.06. The van der Waals surface area contributed by atoms with E-state index in [1.165, 1.54) is 12.1 Å². The third-order valence-electron chi connectivity index (χ3n) is 7.10. The Morgan fingerprint density at radius 3 is 1.61 bits per heavy atom. The van der Waals surface area contributed by atoms with Crippen LogP contribution in [0, 0.1) is 0 Å². The Labute approximate surface area is 210 Å². The van der Waals surface area contributed by atoms with Gasteiger partial charge in [0, 0.05) is 10.6 Å². The average molecular weight is 512 g/mol. The first kappa shape index (κ1) is 26.5. The van der Waals surface area contributed by atoms with Gasteiger partial charge in [-0.1, -0.05) is 72.8 Å². The molecular formula is C28H29BF3O3P. The van der Waals surface area contributed by atoms with E-state index in [-0.39, 0.29) is 0 Å². The van der Waals surface area contributed by atoms with Crippen LogP contribution >= 0.6 is 7.14 Å². The molecule has 0 N–H and O–H groups in total. The Morgan fingerprint density at radius 1 is 0.806 bits per heavy atom. The van der Waals surface area contributed by atoms with Crippen molar-refractivity contribution in [3.63, 3.8) is 0 Å². The molecule has 1 atom stereocenters. The quantitative estimate of drug-likeness (QED) is 0.265. The molecule has 1 aliphatic rings. The highest BCUT2D eigenvalue weighted by molar-refractivity contribution is 7.79. The maximum Gasteiger partial charge on any atom is 0.491 e. The fourth-order valence-corrected chi connectivity index (χ4v) is 7.69. The normalized spacial score (nSPS) is 18.1. The van der Waals surface area contributed by atoms with Crippen LogP contribution in [-0.2, 0) is 20.1 Å². The maximum absolute atomic E-state index is 15.3. The highest BCUT2D eigenvalue weighted by Crippen LogP contribution is 2.61. The van der Waals surface area contributed by atoms with Crippen LogP contribution in [0.2, 0.25) is 0 Å². The van der Waals surface area contributed by atoms with Crippen molar-refractivity contribution in [2.45, 2.75) is 50.7 Å². The summed E-state index contributed by atoms with van der Waals surface area (Å²) >= 11 is 0. The zero-order valence-electron chi connectivity index (χ0n) is 20.8. The number of allylic oxidation sites excluding steroid dienone is 1. The van der Waals surface area contributed by atoms with E-state index in [4.69, 9.17) is 9.31 Å². The Bertz CT molecular complexity index is 1210. The summed E-state index contributed by atoms with van der Waals surface area (Å²) in [7, 11) is -4.44. The van der Waals surface area contributed by atoms with Gasteiger partial charge in [-0.15, -0.1) is 6.58 Å². The summed E-state index contributed by atoms with van der Waals surface area (Å²) in [5, 5.41) is 1.14. The van der Waals surface area contributed by atoms with Gasteiger partial charge < -0.3 is 13.9 Å². The molecule has 0 radical (unpaired) electrons. The molecule has 3 nitrogen and oxygen atoms in total. The van der Waals surface area contributed by atoms with Crippen LogP contribution in [-0.4, -0.2) is 18.3 Å². The van der Waals surface area contributed by atoms with Crippen LogP contribution in [0.25, 0.3) is 0 Å². The van der Waals surface area contributed by atoms with E-state index >= 15 is 4.57 Å². The van der Waals surface area contributed by atoms with Gasteiger partial charge in [-0.2, -0.15) is 13.2 Å². The molecule has 0 saturated carbocycles. The van der Waals surface area contributed by atoms with Gasteiger partial charge in [-0.3, -0.25) is 0 Å². The summed E-state index contributed by atoms with van der Waals surface area (Å²) < 4.78 is 67.9. The Morgan fingerprint density at radius 2 is 1.22 bits per heavy atom. The van der Waals surface area contributed by atoms with Gasteiger partial charge in [0.25, 0.3) is 0 Å². The lowest BCUT2D eigenvalue weighted by atomic mass is 9.75. The molecule has 0 spiro atoms. The molecule has 0 aliphatic carbocycles. The molecule has 1 saturated heterocycles. The molecule has 0 bridgehead atoms. The molecule has 1 aliphatic heterocycles. The second kappa shape index (κ2) is 9.37. The van der Waals surface area contributed by atoms with Gasteiger partial charge in [-0.25, -0.2) is 0 Å².